The predicted molar refractivity (Wildman–Crippen MR) is 447 cm³/mol. The Hall–Kier alpha value is -4.87. The van der Waals surface area contributed by atoms with Crippen LogP contribution in [0.2, 0.25) is 0 Å². The third kappa shape index (κ3) is 28.9. The van der Waals surface area contributed by atoms with E-state index in [1.807, 2.05) is 34.9 Å². The quantitative estimate of drug-likeness (QED) is 0.0324. The summed E-state index contributed by atoms with van der Waals surface area (Å²) in [6.07, 6.45) is 19.2. The number of hydrogen-bond acceptors (Lipinski definition) is 4. The van der Waals surface area contributed by atoms with Crippen molar-refractivity contribution in [2.75, 3.05) is 50.7 Å². The Morgan fingerprint density at radius 2 is 0.881 bits per heavy atom. The second kappa shape index (κ2) is 45.9. The van der Waals surface area contributed by atoms with Crippen molar-refractivity contribution in [3.8, 4) is 0 Å². The second-order valence-corrected chi connectivity index (χ2v) is 43.4. The van der Waals surface area contributed by atoms with E-state index in [-0.39, 0.29) is 19.3 Å². The first-order chi connectivity index (χ1) is 51.7. The molecule has 109 heavy (non-hydrogen) atoms. The molecule has 2 heterocycles. The zero-order valence-corrected chi connectivity index (χ0v) is 73.6. The number of alkyl halides is 6. The van der Waals surface area contributed by atoms with Crippen LogP contribution in [0.3, 0.4) is 0 Å². The Morgan fingerprint density at radius 1 is 0.532 bits per heavy atom. The molecular weight excluding hydrogens is 1740 g/mol. The summed E-state index contributed by atoms with van der Waals surface area (Å²) in [5.41, 5.74) is 26.3. The van der Waals surface area contributed by atoms with E-state index >= 15 is 0 Å². The Morgan fingerprint density at radius 3 is 1.21 bits per heavy atom. The monoisotopic (exact) mass is 1840 g/mol. The zero-order chi connectivity index (χ0) is 80.3. The van der Waals surface area contributed by atoms with E-state index in [9.17, 15) is 31.1 Å². The first-order valence-corrected chi connectivity index (χ1v) is 50.9. The van der Waals surface area contributed by atoms with E-state index < -0.39 is 51.2 Å². The van der Waals surface area contributed by atoms with Crippen molar-refractivity contribution in [3.63, 3.8) is 0 Å². The van der Waals surface area contributed by atoms with E-state index in [0.29, 0.717) is 9.80 Å². The Balaban J connectivity index is 0.000000207. The van der Waals surface area contributed by atoms with Crippen LogP contribution in [0.15, 0.2) is 176 Å². The molecule has 4 aliphatic carbocycles. The Kier molecular flexibility index (Phi) is 39.1. The number of anilines is 5. The van der Waals surface area contributed by atoms with E-state index in [2.05, 4.69) is 196 Å². The van der Waals surface area contributed by atoms with E-state index in [1.54, 1.807) is 121 Å². The first-order valence-electron chi connectivity index (χ1n) is 36.9. The molecule has 2 amide bonds. The van der Waals surface area contributed by atoms with Crippen LogP contribution in [-0.2, 0) is 46.9 Å². The molecule has 0 bridgehead atoms. The number of halogens is 11. The molecule has 0 aromatic heterocycles. The number of aryl methyl sites for hydroxylation is 9. The van der Waals surface area contributed by atoms with Gasteiger partial charge in [-0.25, -0.2) is 0 Å². The van der Waals surface area contributed by atoms with Gasteiger partial charge in [-0.2, -0.15) is 19.8 Å². The molecule has 0 unspecified atom stereocenters. The Bertz CT molecular complexity index is 3940. The van der Waals surface area contributed by atoms with Gasteiger partial charge in [-0.1, -0.05) is 141 Å². The van der Waals surface area contributed by atoms with Crippen molar-refractivity contribution in [2.45, 2.75) is 202 Å². The Labute approximate surface area is 685 Å². The number of amides is 2. The summed E-state index contributed by atoms with van der Waals surface area (Å²) < 4.78 is 78.9. The van der Waals surface area contributed by atoms with E-state index in [1.165, 1.54) is 137 Å². The van der Waals surface area contributed by atoms with Crippen molar-refractivity contribution in [2.24, 2.45) is 0 Å². The molecule has 1 N–H and O–H groups in total. The number of benzene rings is 6. The summed E-state index contributed by atoms with van der Waals surface area (Å²) in [5.74, 6) is -3.72. The summed E-state index contributed by atoms with van der Waals surface area (Å²) in [6.45, 7) is 40.1. The fraction of sp³-hybridized carbons (Fsp3) is 0.407. The number of carbonyl (C=O) groups excluding carboxylic acids is 2. The zero-order valence-electron chi connectivity index (χ0n) is 64.5. The van der Waals surface area contributed by atoms with Gasteiger partial charge in [-0.05, 0) is 190 Å². The van der Waals surface area contributed by atoms with Crippen molar-refractivity contribution in [1.82, 2.24) is 0 Å². The normalized spacial score (nSPS) is 16.4. The van der Waals surface area contributed by atoms with Crippen LogP contribution in [0.1, 0.15) is 166 Å². The third-order valence-corrected chi connectivity index (χ3v) is 27.9. The first kappa shape index (κ1) is 93.0. The molecule has 6 aliphatic rings. The molecule has 5 fully saturated rings. The van der Waals surface area contributed by atoms with Crippen LogP contribution in [-0.4, -0.2) is 91.7 Å². The molecule has 0 radical (unpaired) electrons. The van der Waals surface area contributed by atoms with Gasteiger partial charge in [-0.15, -0.1) is 0 Å². The topological polar surface area (TPSA) is 57.7 Å². The number of para-hydroxylation sites is 2. The summed E-state index contributed by atoms with van der Waals surface area (Å²) in [5, 5.41) is 0. The van der Waals surface area contributed by atoms with Crippen LogP contribution in [0.4, 0.5) is 54.8 Å². The van der Waals surface area contributed by atoms with Crippen molar-refractivity contribution in [3.05, 3.63) is 245 Å². The molecule has 6 aromatic carbocycles. The summed E-state index contributed by atoms with van der Waals surface area (Å²) in [4.78, 5) is 28.3. The molecule has 6 aromatic rings. The fourth-order valence-electron chi connectivity index (χ4n) is 16.0. The molecule has 0 atom stereocenters. The number of hydrogen-bond donors (Lipinski definition) is 0. The molecule has 8 nitrogen and oxygen atoms in total. The number of allylic oxidation sites excluding steroid dienone is 5. The van der Waals surface area contributed by atoms with Crippen molar-refractivity contribution < 1.29 is 82.6 Å². The standard InChI is InChI=1S/C21H27N2.C21H26N2.C18H33P.C10H8F3NO.C9H6F3NO.C7H6.5ClH.Cu.2Ru/c2*1-14-9-16(3)20(17(4)10-14)22-7-8-23(13-22)21-18(5)11-15(2)12-19(21)6;1-4-10-16(11-5-1)19(17-12-6-2-7-13-17)18-14-8-3-9-15-18;1-2-14(9(15)10(11,12)13)8-6-4-3-5-7-8;1-13(8(14)9(10,11)12)7-5-3-2-4-6-7;1-7-5-3-2-4-6-7;;;;;;;;/h9-13H,7-8H2,1-6H3;9-13H,1,7-8H2,2-6H3;16-18H,1-15H2;2-7H,1H2;1-6H;1-6H;5*1H;;;/q-1;;;;;;;;;;;+1;2*+2/p-3. The molecule has 2 saturated heterocycles. The van der Waals surface area contributed by atoms with Crippen molar-refractivity contribution >= 4 is 112 Å². The van der Waals surface area contributed by atoms with Gasteiger partial charge < -0.3 is 19.3 Å². The molecule has 602 valence electrons. The van der Waals surface area contributed by atoms with Crippen LogP contribution < -0.4 is 24.5 Å². The number of nitrogens with zero attached hydrogens (tertiary/aromatic N) is 6. The minimum absolute atomic E-state index is 0.0465. The summed E-state index contributed by atoms with van der Waals surface area (Å²) >= 11 is -0.458. The molecule has 0 spiro atoms. The minimum atomic E-state index is -4.90. The van der Waals surface area contributed by atoms with Gasteiger partial charge in [-0.3, -0.25) is 9.69 Å². The van der Waals surface area contributed by atoms with Crippen LogP contribution >= 0.6 is 56.8 Å². The van der Waals surface area contributed by atoms with Gasteiger partial charge in [0.25, 0.3) is 0 Å². The average molecular weight is 1850 g/mol. The van der Waals surface area contributed by atoms with Crippen molar-refractivity contribution in [1.29, 1.82) is 0 Å². The third-order valence-electron chi connectivity index (χ3n) is 19.9. The predicted octanol–water partition coefficient (Wildman–Crippen LogP) is 25.1. The van der Waals surface area contributed by atoms with Gasteiger partial charge in [0.05, 0.1) is 29.2 Å². The maximum atomic E-state index is 12.4. The molecular formula is C86H108Cl5CuF6N6O2PRu2+. The van der Waals surface area contributed by atoms with Crippen LogP contribution in [0, 0.1) is 75.7 Å². The van der Waals surface area contributed by atoms with Gasteiger partial charge in [0.15, 0.2) is 0 Å². The second-order valence-electron chi connectivity index (χ2n) is 28.6. The summed E-state index contributed by atoms with van der Waals surface area (Å²) in [6, 6.07) is 38.6. The van der Waals surface area contributed by atoms with Crippen LogP contribution in [0.5, 0.6) is 0 Å². The van der Waals surface area contributed by atoms with Gasteiger partial charge in [0.2, 0.25) is 0 Å². The van der Waals surface area contributed by atoms with Gasteiger partial charge in [0, 0.05) is 50.0 Å². The van der Waals surface area contributed by atoms with E-state index in [0.717, 1.165) is 48.2 Å². The molecule has 23 heteroatoms. The maximum absolute atomic E-state index is 12.4. The summed E-state index contributed by atoms with van der Waals surface area (Å²) in [7, 11) is 26.6. The fourth-order valence-corrected chi connectivity index (χ4v) is 24.7. The van der Waals surface area contributed by atoms with Gasteiger partial charge in [0.1, 0.15) is 13.2 Å². The molecule has 3 saturated carbocycles. The average Bonchev–Trinajstić information content (AvgIpc) is 1.68. The number of carbonyl (C=O) groups is 1. The molecule has 2 aliphatic heterocycles. The molecule has 12 rings (SSSR count). The van der Waals surface area contributed by atoms with Crippen LogP contribution in [0.25, 0.3) is 0 Å². The number of rotatable bonds is 11. The SMILES string of the molecule is C1CCC([PH+](C2CCCCC2)C2CCCCC2)CC1.C=C1C=C(C)C(=[N+]2[CH-]N(c3c(C)cc(C)cc3C)CC2)C(C)=C1.C=CN(C(=O)C(F)(F)F)c1ccccc1.Cc1cc(C)c(N2[CH-]N(c3c(C)cc(C)cc3C)CC2)c(C)c1.[Cl][Cu].[Cl][Ru]([Cl])=[CH]c1ccccc1.[OH+]=C(N([CH]=[Ru]([Cl])[Cl])c1ccccc1)C(F)(F)F. The van der Waals surface area contributed by atoms with E-state index in [4.69, 9.17) is 43.6 Å². The van der Waals surface area contributed by atoms with Gasteiger partial charge >= 0.3 is 219 Å².